The second kappa shape index (κ2) is 8.19. The molecule has 0 spiro atoms. The minimum absolute atomic E-state index is 0.218. The molecule has 30 heavy (non-hydrogen) atoms. The summed E-state index contributed by atoms with van der Waals surface area (Å²) in [6, 6.07) is 3.97. The lowest BCUT2D eigenvalue weighted by Gasteiger charge is -2.37. The lowest BCUT2D eigenvalue weighted by molar-refractivity contribution is 0.0301. The van der Waals surface area contributed by atoms with Gasteiger partial charge in [-0.3, -0.25) is 9.89 Å². The van der Waals surface area contributed by atoms with Crippen LogP contribution in [0.1, 0.15) is 35.9 Å². The predicted octanol–water partition coefficient (Wildman–Crippen LogP) is 0.722. The summed E-state index contributed by atoms with van der Waals surface area (Å²) in [5.74, 6) is 0.650. The predicted molar refractivity (Wildman–Crippen MR) is 110 cm³/mol. The van der Waals surface area contributed by atoms with Crippen molar-refractivity contribution in [3.63, 3.8) is 0 Å². The quantitative estimate of drug-likeness (QED) is 0.738. The number of hydrogen-bond donors (Lipinski definition) is 2. The van der Waals surface area contributed by atoms with Crippen LogP contribution in [0.4, 0.5) is 11.5 Å². The van der Waals surface area contributed by atoms with Gasteiger partial charge in [-0.15, -0.1) is 10.2 Å². The highest BCUT2D eigenvalue weighted by molar-refractivity contribution is 5.92. The van der Waals surface area contributed by atoms with Gasteiger partial charge >= 0.3 is 0 Å². The van der Waals surface area contributed by atoms with Crippen LogP contribution in [0, 0.1) is 0 Å². The first-order valence-corrected chi connectivity index (χ1v) is 10.6. The molecule has 3 fully saturated rings. The van der Waals surface area contributed by atoms with Crippen LogP contribution >= 0.6 is 0 Å². The summed E-state index contributed by atoms with van der Waals surface area (Å²) < 4.78 is 11.6. The Morgan fingerprint density at radius 1 is 1.30 bits per heavy atom. The normalized spacial score (nSPS) is 26.1. The molecule has 3 saturated heterocycles. The zero-order valence-electron chi connectivity index (χ0n) is 17.1. The van der Waals surface area contributed by atoms with Crippen molar-refractivity contribution < 1.29 is 14.3 Å². The van der Waals surface area contributed by atoms with E-state index >= 15 is 0 Å². The van der Waals surface area contributed by atoms with Crippen LogP contribution in [0.25, 0.3) is 0 Å². The smallest absolute Gasteiger partial charge is 0.269 e. The van der Waals surface area contributed by atoms with E-state index in [-0.39, 0.29) is 24.2 Å². The summed E-state index contributed by atoms with van der Waals surface area (Å²) in [4.78, 5) is 16.9. The highest BCUT2D eigenvalue weighted by atomic mass is 16.5. The standard InChI is InChI=1S/C20H27N7O3/c1-13-12-29-7-6-27(13)18-8-19(26-10-14-2-3-15(11-26)30-14)25-24-17(18)9-21-20(28)16-4-5-22-23-16/h4-5,8,13-15H,2-3,6-7,9-12H2,1H3,(H,21,28)(H,22,23)/t13-,14?,15?/m1/s1. The molecule has 0 aliphatic carbocycles. The molecule has 10 heteroatoms. The Labute approximate surface area is 174 Å². The van der Waals surface area contributed by atoms with Gasteiger partial charge in [-0.2, -0.15) is 5.10 Å². The molecular formula is C20H27N7O3. The number of amides is 1. The van der Waals surface area contributed by atoms with E-state index in [0.717, 1.165) is 49.7 Å². The molecule has 2 bridgehead atoms. The van der Waals surface area contributed by atoms with Gasteiger partial charge in [0.15, 0.2) is 5.82 Å². The van der Waals surface area contributed by atoms with Gasteiger partial charge in [0.2, 0.25) is 0 Å². The van der Waals surface area contributed by atoms with Gasteiger partial charge in [0.1, 0.15) is 11.4 Å². The molecule has 3 aliphatic rings. The third-order valence-corrected chi connectivity index (χ3v) is 6.04. The average Bonchev–Trinajstić information content (AvgIpc) is 3.42. The van der Waals surface area contributed by atoms with Gasteiger partial charge < -0.3 is 24.6 Å². The van der Waals surface area contributed by atoms with Gasteiger partial charge in [-0.25, -0.2) is 0 Å². The Balaban J connectivity index is 1.39. The fourth-order valence-corrected chi connectivity index (χ4v) is 4.45. The zero-order chi connectivity index (χ0) is 20.5. The summed E-state index contributed by atoms with van der Waals surface area (Å²) in [7, 11) is 0. The third kappa shape index (κ3) is 3.84. The maximum atomic E-state index is 12.3. The van der Waals surface area contributed by atoms with Gasteiger partial charge in [0, 0.05) is 37.9 Å². The van der Waals surface area contributed by atoms with Crippen LogP contribution in [0.15, 0.2) is 18.3 Å². The van der Waals surface area contributed by atoms with Gasteiger partial charge in [0.05, 0.1) is 37.7 Å². The van der Waals surface area contributed by atoms with Crippen LogP contribution in [0.3, 0.4) is 0 Å². The number of ether oxygens (including phenoxy) is 2. The Kier molecular flexibility index (Phi) is 5.26. The first kappa shape index (κ1) is 19.3. The first-order valence-electron chi connectivity index (χ1n) is 10.6. The number of H-pyrrole nitrogens is 1. The van der Waals surface area contributed by atoms with Crippen molar-refractivity contribution >= 4 is 17.4 Å². The minimum atomic E-state index is -0.218. The number of nitrogens with one attached hydrogen (secondary N) is 2. The Bertz CT molecular complexity index is 879. The molecule has 2 aromatic heterocycles. The first-order chi connectivity index (χ1) is 14.7. The fraction of sp³-hybridized carbons (Fsp3) is 0.600. The van der Waals surface area contributed by atoms with Crippen molar-refractivity contribution in [2.45, 2.75) is 44.6 Å². The highest BCUT2D eigenvalue weighted by Gasteiger charge is 2.35. The Hall–Kier alpha value is -2.72. The van der Waals surface area contributed by atoms with E-state index in [4.69, 9.17) is 9.47 Å². The monoisotopic (exact) mass is 413 g/mol. The lowest BCUT2D eigenvalue weighted by Crippen LogP contribution is -2.45. The number of carbonyl (C=O) groups is 1. The second-order valence-electron chi connectivity index (χ2n) is 8.17. The molecule has 10 nitrogen and oxygen atoms in total. The van der Waals surface area contributed by atoms with Crippen molar-refractivity contribution in [1.82, 2.24) is 25.7 Å². The summed E-state index contributed by atoms with van der Waals surface area (Å²) in [5, 5.41) is 18.5. The van der Waals surface area contributed by atoms with Crippen molar-refractivity contribution in [3.8, 4) is 0 Å². The fourth-order valence-electron chi connectivity index (χ4n) is 4.45. The van der Waals surface area contributed by atoms with E-state index in [0.29, 0.717) is 25.5 Å². The molecule has 3 aliphatic heterocycles. The zero-order valence-corrected chi connectivity index (χ0v) is 17.1. The average molecular weight is 413 g/mol. The number of hydrogen-bond acceptors (Lipinski definition) is 8. The molecule has 0 radical (unpaired) electrons. The van der Waals surface area contributed by atoms with E-state index < -0.39 is 0 Å². The molecule has 2 unspecified atom stereocenters. The van der Waals surface area contributed by atoms with Crippen molar-refractivity contribution in [2.24, 2.45) is 0 Å². The highest BCUT2D eigenvalue weighted by Crippen LogP contribution is 2.31. The number of morpholine rings is 2. The van der Waals surface area contributed by atoms with Crippen LogP contribution in [0.5, 0.6) is 0 Å². The van der Waals surface area contributed by atoms with E-state index in [2.05, 4.69) is 48.5 Å². The Morgan fingerprint density at radius 2 is 2.13 bits per heavy atom. The van der Waals surface area contributed by atoms with E-state index in [1.165, 1.54) is 0 Å². The number of fused-ring (bicyclic) bond motifs is 2. The number of aromatic nitrogens is 4. The molecule has 5 rings (SSSR count). The summed E-state index contributed by atoms with van der Waals surface area (Å²) in [6.07, 6.45) is 4.34. The molecule has 2 N–H and O–H groups in total. The number of anilines is 2. The van der Waals surface area contributed by atoms with Crippen molar-refractivity contribution in [2.75, 3.05) is 42.6 Å². The minimum Gasteiger partial charge on any atom is -0.377 e. The van der Waals surface area contributed by atoms with E-state index in [9.17, 15) is 4.79 Å². The number of carbonyl (C=O) groups excluding carboxylic acids is 1. The molecule has 0 saturated carbocycles. The molecule has 3 atom stereocenters. The summed E-state index contributed by atoms with van der Waals surface area (Å²) in [5.41, 5.74) is 2.17. The maximum absolute atomic E-state index is 12.3. The number of rotatable bonds is 5. The van der Waals surface area contributed by atoms with Crippen LogP contribution < -0.4 is 15.1 Å². The van der Waals surface area contributed by atoms with Gasteiger partial charge in [-0.1, -0.05) is 0 Å². The second-order valence-corrected chi connectivity index (χ2v) is 8.17. The summed E-state index contributed by atoms with van der Waals surface area (Å²) in [6.45, 7) is 6.24. The van der Waals surface area contributed by atoms with Crippen LogP contribution in [0.2, 0.25) is 0 Å². The molecule has 160 valence electrons. The van der Waals surface area contributed by atoms with Crippen molar-refractivity contribution in [3.05, 3.63) is 29.7 Å². The van der Waals surface area contributed by atoms with Crippen LogP contribution in [-0.2, 0) is 16.0 Å². The van der Waals surface area contributed by atoms with Gasteiger partial charge in [-0.05, 0) is 25.8 Å². The molecule has 2 aromatic rings. The van der Waals surface area contributed by atoms with Crippen LogP contribution in [-0.4, -0.2) is 77.4 Å². The molecule has 1 amide bonds. The third-order valence-electron chi connectivity index (χ3n) is 6.04. The maximum Gasteiger partial charge on any atom is 0.269 e. The van der Waals surface area contributed by atoms with Crippen molar-refractivity contribution in [1.29, 1.82) is 0 Å². The Morgan fingerprint density at radius 3 is 2.87 bits per heavy atom. The van der Waals surface area contributed by atoms with E-state index in [1.54, 1.807) is 12.3 Å². The SMILES string of the molecule is C[C@@H]1COCCN1c1cc(N2CC3CCC(C2)O3)nnc1CNC(=O)c1ccn[nH]1. The molecular weight excluding hydrogens is 386 g/mol. The largest absolute Gasteiger partial charge is 0.377 e. The number of nitrogens with zero attached hydrogens (tertiary/aromatic N) is 5. The molecule has 5 heterocycles. The lowest BCUT2D eigenvalue weighted by atomic mass is 10.2. The topological polar surface area (TPSA) is 108 Å². The number of aromatic amines is 1. The summed E-state index contributed by atoms with van der Waals surface area (Å²) >= 11 is 0. The van der Waals surface area contributed by atoms with E-state index in [1.807, 2.05) is 0 Å². The van der Waals surface area contributed by atoms with Gasteiger partial charge in [0.25, 0.3) is 5.91 Å². The molecule has 0 aromatic carbocycles.